The van der Waals surface area contributed by atoms with Gasteiger partial charge < -0.3 is 16.0 Å². The first-order valence-electron chi connectivity index (χ1n) is 12.0. The molecule has 3 fully saturated rings. The Morgan fingerprint density at radius 1 is 1.17 bits per heavy atom. The highest BCUT2D eigenvalue weighted by atomic mass is 15.3. The number of aromatic nitrogens is 2. The average molecular weight is 411 g/mol. The van der Waals surface area contributed by atoms with Crippen LogP contribution in [-0.4, -0.2) is 59.2 Å². The van der Waals surface area contributed by atoms with Gasteiger partial charge in [0.2, 0.25) is 5.95 Å². The molecule has 0 aromatic carbocycles. The van der Waals surface area contributed by atoms with Crippen LogP contribution >= 0.6 is 0 Å². The molecule has 6 rings (SSSR count). The number of likely N-dealkylation sites (tertiary alicyclic amines) is 1. The zero-order chi connectivity index (χ0) is 20.8. The van der Waals surface area contributed by atoms with Gasteiger partial charge in [-0.3, -0.25) is 4.90 Å². The third-order valence-corrected chi connectivity index (χ3v) is 8.48. The van der Waals surface area contributed by atoms with E-state index in [9.17, 15) is 0 Å². The average Bonchev–Trinajstić information content (AvgIpc) is 2.99. The van der Waals surface area contributed by atoms with Crippen LogP contribution in [0.2, 0.25) is 0 Å². The lowest BCUT2D eigenvalue weighted by molar-refractivity contribution is -0.0393. The fourth-order valence-electron chi connectivity index (χ4n) is 6.10. The van der Waals surface area contributed by atoms with Gasteiger partial charge in [0.1, 0.15) is 5.82 Å². The maximum Gasteiger partial charge on any atom is 0.224 e. The number of nitrogens with one attached hydrogen (secondary N) is 1. The molecule has 3 atom stereocenters. The topological polar surface area (TPSA) is 70.3 Å². The van der Waals surface area contributed by atoms with Crippen LogP contribution in [0.15, 0.2) is 23.9 Å². The summed E-state index contributed by atoms with van der Waals surface area (Å²) >= 11 is 0. The maximum absolute atomic E-state index is 6.59. The van der Waals surface area contributed by atoms with E-state index in [4.69, 9.17) is 10.7 Å². The van der Waals surface area contributed by atoms with Gasteiger partial charge in [-0.2, -0.15) is 4.98 Å². The first-order chi connectivity index (χ1) is 14.4. The summed E-state index contributed by atoms with van der Waals surface area (Å²) in [4.78, 5) is 14.4. The molecule has 1 aromatic heterocycles. The van der Waals surface area contributed by atoms with E-state index in [2.05, 4.69) is 46.1 Å². The van der Waals surface area contributed by atoms with Gasteiger partial charge in [0.15, 0.2) is 0 Å². The van der Waals surface area contributed by atoms with Crippen molar-refractivity contribution in [3.63, 3.8) is 0 Å². The summed E-state index contributed by atoms with van der Waals surface area (Å²) in [6.45, 7) is 10.2. The molecule has 3 N–H and O–H groups in total. The first kappa shape index (κ1) is 20.3. The van der Waals surface area contributed by atoms with E-state index in [1.54, 1.807) is 5.57 Å². The molecule has 0 amide bonds. The summed E-state index contributed by atoms with van der Waals surface area (Å²) in [5, 5.41) is 3.62. The second-order valence-electron chi connectivity index (χ2n) is 10.6. The Kier molecular flexibility index (Phi) is 5.26. The summed E-state index contributed by atoms with van der Waals surface area (Å²) in [7, 11) is 0. The molecule has 3 aliphatic carbocycles. The number of nitrogens with two attached hydrogens (primary N) is 1. The van der Waals surface area contributed by atoms with Crippen molar-refractivity contribution >= 4 is 11.8 Å². The molecule has 1 saturated carbocycles. The van der Waals surface area contributed by atoms with Crippen LogP contribution in [0, 0.1) is 11.3 Å². The molecular weight excluding hydrogens is 372 g/mol. The van der Waals surface area contributed by atoms with Crippen LogP contribution in [0.4, 0.5) is 11.8 Å². The number of anilines is 2. The zero-order valence-corrected chi connectivity index (χ0v) is 18.7. The van der Waals surface area contributed by atoms with Crippen molar-refractivity contribution in [1.82, 2.24) is 14.9 Å². The first-order valence-corrected chi connectivity index (χ1v) is 12.0. The summed E-state index contributed by atoms with van der Waals surface area (Å²) in [5.41, 5.74) is 8.49. The molecule has 3 heterocycles. The van der Waals surface area contributed by atoms with Crippen molar-refractivity contribution in [2.45, 2.75) is 70.4 Å². The molecule has 30 heavy (non-hydrogen) atoms. The number of hydrogen-bond acceptors (Lipinski definition) is 6. The molecular formula is C24H38N6. The Morgan fingerprint density at radius 2 is 1.97 bits per heavy atom. The van der Waals surface area contributed by atoms with Crippen molar-refractivity contribution in [2.75, 3.05) is 42.9 Å². The highest BCUT2D eigenvalue weighted by molar-refractivity contribution is 5.43. The van der Waals surface area contributed by atoms with Crippen molar-refractivity contribution in [1.29, 1.82) is 0 Å². The third-order valence-electron chi connectivity index (χ3n) is 8.48. The van der Waals surface area contributed by atoms with E-state index >= 15 is 0 Å². The maximum atomic E-state index is 6.59. The molecule has 6 heteroatoms. The molecule has 6 nitrogen and oxygen atoms in total. The smallest absolute Gasteiger partial charge is 0.224 e. The predicted octanol–water partition coefficient (Wildman–Crippen LogP) is 3.42. The number of fused-ring (bicyclic) bond motifs is 1. The highest BCUT2D eigenvalue weighted by Crippen LogP contribution is 2.60. The minimum absolute atomic E-state index is 0.0337. The molecule has 2 saturated heterocycles. The van der Waals surface area contributed by atoms with Crippen molar-refractivity contribution in [2.24, 2.45) is 17.1 Å². The molecule has 5 aliphatic rings. The minimum atomic E-state index is 0.0337. The zero-order valence-electron chi connectivity index (χ0n) is 18.7. The molecule has 1 aromatic rings. The quantitative estimate of drug-likeness (QED) is 0.725. The van der Waals surface area contributed by atoms with E-state index in [0.717, 1.165) is 57.3 Å². The van der Waals surface area contributed by atoms with Gasteiger partial charge in [0.25, 0.3) is 0 Å². The lowest BCUT2D eigenvalue weighted by Crippen LogP contribution is -2.68. The predicted molar refractivity (Wildman–Crippen MR) is 123 cm³/mol. The van der Waals surface area contributed by atoms with Crippen LogP contribution in [-0.2, 0) is 0 Å². The SMILES string of the molecule is CC1(C)C2CC1(N)CC=C2CN1CCC(Nc2nccc(N3CCCCCC3)n2)C1. The second kappa shape index (κ2) is 7.79. The van der Waals surface area contributed by atoms with Crippen LogP contribution in [0.25, 0.3) is 0 Å². The van der Waals surface area contributed by atoms with Gasteiger partial charge >= 0.3 is 0 Å². The van der Waals surface area contributed by atoms with E-state index in [-0.39, 0.29) is 11.0 Å². The fraction of sp³-hybridized carbons (Fsp3) is 0.750. The van der Waals surface area contributed by atoms with E-state index < -0.39 is 0 Å². The van der Waals surface area contributed by atoms with E-state index in [1.807, 2.05) is 6.20 Å². The van der Waals surface area contributed by atoms with Gasteiger partial charge in [-0.25, -0.2) is 4.98 Å². The Balaban J connectivity index is 1.17. The largest absolute Gasteiger partial charge is 0.356 e. The Bertz CT molecular complexity index is 797. The summed E-state index contributed by atoms with van der Waals surface area (Å²) in [6.07, 6.45) is 12.9. The van der Waals surface area contributed by atoms with Crippen molar-refractivity contribution in [3.05, 3.63) is 23.9 Å². The Labute approximate surface area is 181 Å². The number of nitrogens with zero attached hydrogens (tertiary/aromatic N) is 4. The highest BCUT2D eigenvalue weighted by Gasteiger charge is 2.60. The van der Waals surface area contributed by atoms with Crippen LogP contribution < -0.4 is 16.0 Å². The van der Waals surface area contributed by atoms with Crippen molar-refractivity contribution in [3.8, 4) is 0 Å². The Hall–Kier alpha value is -1.66. The lowest BCUT2D eigenvalue weighted by atomic mass is 9.44. The van der Waals surface area contributed by atoms with Gasteiger partial charge in [0.05, 0.1) is 0 Å². The van der Waals surface area contributed by atoms with Crippen LogP contribution in [0.5, 0.6) is 0 Å². The van der Waals surface area contributed by atoms with Gasteiger partial charge in [0, 0.05) is 50.5 Å². The molecule has 2 aliphatic heterocycles. The number of rotatable bonds is 5. The summed E-state index contributed by atoms with van der Waals surface area (Å²) in [5.74, 6) is 2.53. The van der Waals surface area contributed by atoms with Crippen molar-refractivity contribution < 1.29 is 0 Å². The van der Waals surface area contributed by atoms with Gasteiger partial charge in [-0.1, -0.05) is 38.3 Å². The fourth-order valence-corrected chi connectivity index (χ4v) is 6.10. The lowest BCUT2D eigenvalue weighted by Gasteiger charge is -2.63. The summed E-state index contributed by atoms with van der Waals surface area (Å²) < 4.78 is 0. The molecule has 3 unspecified atom stereocenters. The monoisotopic (exact) mass is 410 g/mol. The van der Waals surface area contributed by atoms with E-state index in [0.29, 0.717) is 12.0 Å². The Morgan fingerprint density at radius 3 is 2.70 bits per heavy atom. The van der Waals surface area contributed by atoms with Gasteiger partial charge in [-0.05, 0) is 49.5 Å². The summed E-state index contributed by atoms with van der Waals surface area (Å²) in [6, 6.07) is 2.49. The molecule has 0 spiro atoms. The molecule has 0 radical (unpaired) electrons. The number of hydrogen-bond donors (Lipinski definition) is 2. The normalized spacial score (nSPS) is 33.6. The van der Waals surface area contributed by atoms with E-state index in [1.165, 1.54) is 32.1 Å². The van der Waals surface area contributed by atoms with Gasteiger partial charge in [-0.15, -0.1) is 0 Å². The van der Waals surface area contributed by atoms with Crippen LogP contribution in [0.3, 0.4) is 0 Å². The second-order valence-corrected chi connectivity index (χ2v) is 10.6. The minimum Gasteiger partial charge on any atom is -0.356 e. The third kappa shape index (κ3) is 3.62. The van der Waals surface area contributed by atoms with Crippen LogP contribution in [0.1, 0.15) is 58.8 Å². The molecule has 2 bridgehead atoms. The molecule has 164 valence electrons. The standard InChI is InChI=1S/C24H38N6/c1-23(2)20-15-24(23,25)10-7-18(20)16-29-14-9-19(17-29)27-22-26-11-8-21(28-22)30-12-5-3-4-6-13-30/h7-8,11,19-20H,3-6,9-10,12-17,25H2,1-2H3,(H,26,27,28).